The molecule has 0 atom stereocenters. The summed E-state index contributed by atoms with van der Waals surface area (Å²) in [7, 11) is 0. The summed E-state index contributed by atoms with van der Waals surface area (Å²) in [6.45, 7) is 3.74. The Labute approximate surface area is 81.9 Å². The van der Waals surface area contributed by atoms with E-state index in [0.29, 0.717) is 12.0 Å². The normalized spacial score (nSPS) is 9.57. The van der Waals surface area contributed by atoms with E-state index in [-0.39, 0.29) is 17.9 Å². The van der Waals surface area contributed by atoms with Crippen molar-refractivity contribution in [3.05, 3.63) is 29.1 Å². The fraction of sp³-hybridized carbons (Fsp3) is 0.300. The molecule has 0 fully saturated rings. The largest absolute Gasteiger partial charge is 0.462 e. The van der Waals surface area contributed by atoms with Gasteiger partial charge in [-0.05, 0) is 26.0 Å². The summed E-state index contributed by atoms with van der Waals surface area (Å²) >= 11 is 0. The fourth-order valence-electron chi connectivity index (χ4n) is 1.05. The monoisotopic (exact) mass is 193 g/mol. The number of aryl methyl sites for hydroxylation is 1. The van der Waals surface area contributed by atoms with E-state index in [2.05, 4.69) is 4.98 Å². The minimum atomic E-state index is -0.512. The van der Waals surface area contributed by atoms with Gasteiger partial charge in [0.05, 0.1) is 12.2 Å². The number of ether oxygens (including phenoxy) is 1. The third kappa shape index (κ3) is 2.16. The van der Waals surface area contributed by atoms with Crippen LogP contribution >= 0.6 is 0 Å². The van der Waals surface area contributed by atoms with Crippen molar-refractivity contribution in [2.75, 3.05) is 6.61 Å². The summed E-state index contributed by atoms with van der Waals surface area (Å²) < 4.78 is 4.77. The Morgan fingerprint density at radius 3 is 2.86 bits per heavy atom. The molecule has 4 nitrogen and oxygen atoms in total. The molecule has 0 bridgehead atoms. The maximum atomic E-state index is 11.3. The number of carbonyl (C=O) groups is 2. The Balaban J connectivity index is 3.07. The van der Waals surface area contributed by atoms with Crippen LogP contribution in [0.25, 0.3) is 0 Å². The second kappa shape index (κ2) is 4.50. The van der Waals surface area contributed by atoms with Crippen molar-refractivity contribution in [3.8, 4) is 0 Å². The van der Waals surface area contributed by atoms with E-state index in [1.165, 1.54) is 0 Å². The first-order valence-electron chi connectivity index (χ1n) is 4.29. The van der Waals surface area contributed by atoms with Gasteiger partial charge in [0.2, 0.25) is 0 Å². The Bertz CT molecular complexity index is 360. The van der Waals surface area contributed by atoms with E-state index in [1.807, 2.05) is 0 Å². The van der Waals surface area contributed by atoms with Gasteiger partial charge in [-0.15, -0.1) is 0 Å². The number of aldehydes is 1. The van der Waals surface area contributed by atoms with Crippen LogP contribution < -0.4 is 0 Å². The highest BCUT2D eigenvalue weighted by molar-refractivity contribution is 5.97. The summed E-state index contributed by atoms with van der Waals surface area (Å²) in [5.41, 5.74) is 1.04. The first-order valence-corrected chi connectivity index (χ1v) is 4.29. The van der Waals surface area contributed by atoms with Crippen LogP contribution in [0.1, 0.15) is 33.5 Å². The number of hydrogen-bond donors (Lipinski definition) is 0. The van der Waals surface area contributed by atoms with Gasteiger partial charge in [0.25, 0.3) is 0 Å². The number of pyridine rings is 1. The van der Waals surface area contributed by atoms with Crippen LogP contribution in [0.4, 0.5) is 0 Å². The third-order valence-corrected chi connectivity index (χ3v) is 1.67. The molecule has 1 rings (SSSR count). The van der Waals surface area contributed by atoms with Crippen LogP contribution in [-0.2, 0) is 4.74 Å². The topological polar surface area (TPSA) is 56.3 Å². The van der Waals surface area contributed by atoms with Gasteiger partial charge in [-0.25, -0.2) is 9.78 Å². The molecule has 0 saturated carbocycles. The van der Waals surface area contributed by atoms with E-state index in [1.54, 1.807) is 26.0 Å². The predicted molar refractivity (Wildman–Crippen MR) is 50.3 cm³/mol. The molecule has 0 aliphatic heterocycles. The average Bonchev–Trinajstić information content (AvgIpc) is 2.17. The van der Waals surface area contributed by atoms with Crippen LogP contribution in [0.2, 0.25) is 0 Å². The Morgan fingerprint density at radius 2 is 2.29 bits per heavy atom. The van der Waals surface area contributed by atoms with Crippen molar-refractivity contribution < 1.29 is 14.3 Å². The van der Waals surface area contributed by atoms with Gasteiger partial charge < -0.3 is 4.74 Å². The van der Waals surface area contributed by atoms with Gasteiger partial charge in [-0.3, -0.25) is 4.79 Å². The smallest absolute Gasteiger partial charge is 0.340 e. The number of rotatable bonds is 3. The second-order valence-corrected chi connectivity index (χ2v) is 2.72. The Morgan fingerprint density at radius 1 is 1.57 bits per heavy atom. The number of esters is 1. The van der Waals surface area contributed by atoms with Gasteiger partial charge in [0.15, 0.2) is 6.29 Å². The molecule has 1 aromatic rings. The summed E-state index contributed by atoms with van der Waals surface area (Å²) in [5.74, 6) is -0.512. The highest BCUT2D eigenvalue weighted by atomic mass is 16.5. The molecule has 0 saturated heterocycles. The summed E-state index contributed by atoms with van der Waals surface area (Å²) in [4.78, 5) is 25.9. The van der Waals surface area contributed by atoms with E-state index in [4.69, 9.17) is 4.74 Å². The lowest BCUT2D eigenvalue weighted by Crippen LogP contribution is -2.09. The SMILES string of the molecule is CCOC(=O)c1ccc(C)nc1C=O. The minimum Gasteiger partial charge on any atom is -0.462 e. The maximum Gasteiger partial charge on any atom is 0.340 e. The van der Waals surface area contributed by atoms with Crippen molar-refractivity contribution in [1.82, 2.24) is 4.98 Å². The predicted octanol–water partition coefficient (Wildman–Crippen LogP) is 1.38. The molecule has 0 unspecified atom stereocenters. The van der Waals surface area contributed by atoms with Crippen LogP contribution in [0.15, 0.2) is 12.1 Å². The van der Waals surface area contributed by atoms with E-state index < -0.39 is 5.97 Å². The van der Waals surface area contributed by atoms with Crippen LogP contribution in [-0.4, -0.2) is 23.8 Å². The van der Waals surface area contributed by atoms with Gasteiger partial charge in [-0.1, -0.05) is 0 Å². The maximum absolute atomic E-state index is 11.3. The van der Waals surface area contributed by atoms with Crippen molar-refractivity contribution >= 4 is 12.3 Å². The van der Waals surface area contributed by atoms with Gasteiger partial charge >= 0.3 is 5.97 Å². The highest BCUT2D eigenvalue weighted by Crippen LogP contribution is 2.07. The first kappa shape index (κ1) is 10.4. The second-order valence-electron chi connectivity index (χ2n) is 2.72. The molecule has 1 aromatic heterocycles. The van der Waals surface area contributed by atoms with Crippen LogP contribution in [0.3, 0.4) is 0 Å². The summed E-state index contributed by atoms with van der Waals surface area (Å²) in [5, 5.41) is 0. The van der Waals surface area contributed by atoms with Crippen molar-refractivity contribution in [3.63, 3.8) is 0 Å². The number of aromatic nitrogens is 1. The minimum absolute atomic E-state index is 0.128. The quantitative estimate of drug-likeness (QED) is 0.537. The van der Waals surface area contributed by atoms with Gasteiger partial charge in [0.1, 0.15) is 5.69 Å². The highest BCUT2D eigenvalue weighted by Gasteiger charge is 2.12. The summed E-state index contributed by atoms with van der Waals surface area (Å²) in [6.07, 6.45) is 0.555. The van der Waals surface area contributed by atoms with Gasteiger partial charge in [0, 0.05) is 5.69 Å². The molecule has 14 heavy (non-hydrogen) atoms. The lowest BCUT2D eigenvalue weighted by Gasteiger charge is -2.03. The molecular formula is C10H11NO3. The molecule has 0 amide bonds. The Kier molecular flexibility index (Phi) is 3.34. The molecule has 0 spiro atoms. The van der Waals surface area contributed by atoms with Crippen LogP contribution in [0.5, 0.6) is 0 Å². The lowest BCUT2D eigenvalue weighted by atomic mass is 10.2. The molecular weight excluding hydrogens is 182 g/mol. The number of hydrogen-bond acceptors (Lipinski definition) is 4. The van der Waals surface area contributed by atoms with Gasteiger partial charge in [-0.2, -0.15) is 0 Å². The fourth-order valence-corrected chi connectivity index (χ4v) is 1.05. The number of carbonyl (C=O) groups excluding carboxylic acids is 2. The molecule has 0 N–H and O–H groups in total. The molecule has 1 heterocycles. The molecule has 0 radical (unpaired) electrons. The first-order chi connectivity index (χ1) is 6.69. The van der Waals surface area contributed by atoms with E-state index >= 15 is 0 Å². The van der Waals surface area contributed by atoms with Crippen molar-refractivity contribution in [2.45, 2.75) is 13.8 Å². The lowest BCUT2D eigenvalue weighted by molar-refractivity contribution is 0.0523. The number of nitrogens with zero attached hydrogens (tertiary/aromatic N) is 1. The zero-order chi connectivity index (χ0) is 10.6. The third-order valence-electron chi connectivity index (χ3n) is 1.67. The molecule has 0 aliphatic rings. The standard InChI is InChI=1S/C10H11NO3/c1-3-14-10(13)8-5-4-7(2)11-9(8)6-12/h4-6H,3H2,1-2H3. The van der Waals surface area contributed by atoms with E-state index in [0.717, 1.165) is 0 Å². The van der Waals surface area contributed by atoms with Crippen LogP contribution in [0, 0.1) is 6.92 Å². The molecule has 4 heteroatoms. The zero-order valence-electron chi connectivity index (χ0n) is 8.11. The molecule has 74 valence electrons. The average molecular weight is 193 g/mol. The molecule has 0 aliphatic carbocycles. The van der Waals surface area contributed by atoms with Crippen molar-refractivity contribution in [2.24, 2.45) is 0 Å². The molecule has 0 aromatic carbocycles. The van der Waals surface area contributed by atoms with Crippen molar-refractivity contribution in [1.29, 1.82) is 0 Å². The summed E-state index contributed by atoms with van der Waals surface area (Å²) in [6, 6.07) is 3.21. The van der Waals surface area contributed by atoms with E-state index in [9.17, 15) is 9.59 Å². The zero-order valence-corrected chi connectivity index (χ0v) is 8.11. The Hall–Kier alpha value is -1.71.